The highest BCUT2D eigenvalue weighted by Gasteiger charge is 2.30. The van der Waals surface area contributed by atoms with Gasteiger partial charge in [0.2, 0.25) is 0 Å². The first-order valence-corrected chi connectivity index (χ1v) is 7.63. The lowest BCUT2D eigenvalue weighted by Gasteiger charge is -2.11. The minimum absolute atomic E-state index is 0. The van der Waals surface area contributed by atoms with E-state index in [1.54, 1.807) is 24.3 Å². The standard InChI is InChI=1S/C19H14F3NO2.ClH/c20-19(21,22)14-5-3-4-13(10-14)17-11-12(8-9-18(24)25)15-6-1-2-7-16(15)23-17;/h1-7,10-11H,8-9H2,(H,24,25);1H. The van der Waals surface area contributed by atoms with Crippen LogP contribution in [-0.4, -0.2) is 16.1 Å². The van der Waals surface area contributed by atoms with Gasteiger partial charge in [0.15, 0.2) is 0 Å². The maximum Gasteiger partial charge on any atom is 0.416 e. The van der Waals surface area contributed by atoms with Crippen molar-refractivity contribution in [1.29, 1.82) is 0 Å². The molecule has 3 rings (SSSR count). The van der Waals surface area contributed by atoms with Crippen LogP contribution in [0.5, 0.6) is 0 Å². The molecular weight excluding hydrogens is 367 g/mol. The van der Waals surface area contributed by atoms with Gasteiger partial charge in [-0.15, -0.1) is 12.4 Å². The Bertz CT molecular complexity index is 941. The van der Waals surface area contributed by atoms with Gasteiger partial charge in [-0.05, 0) is 36.2 Å². The molecule has 7 heteroatoms. The van der Waals surface area contributed by atoms with Crippen LogP contribution in [0, 0.1) is 0 Å². The van der Waals surface area contributed by atoms with E-state index < -0.39 is 17.7 Å². The summed E-state index contributed by atoms with van der Waals surface area (Å²) in [6, 6.07) is 13.8. The number of aliphatic carboxylic acids is 1. The molecule has 0 bridgehead atoms. The number of rotatable bonds is 4. The summed E-state index contributed by atoms with van der Waals surface area (Å²) in [5, 5.41) is 9.72. The third kappa shape index (κ3) is 4.32. The molecule has 26 heavy (non-hydrogen) atoms. The summed E-state index contributed by atoms with van der Waals surface area (Å²) in [5.41, 5.74) is 1.37. The van der Waals surface area contributed by atoms with Crippen molar-refractivity contribution in [2.45, 2.75) is 19.0 Å². The number of benzene rings is 2. The fourth-order valence-electron chi connectivity index (χ4n) is 2.70. The average molecular weight is 382 g/mol. The number of aromatic nitrogens is 1. The van der Waals surface area contributed by atoms with Gasteiger partial charge in [-0.2, -0.15) is 13.2 Å². The fourth-order valence-corrected chi connectivity index (χ4v) is 2.70. The van der Waals surface area contributed by atoms with Crippen molar-refractivity contribution in [3.8, 4) is 11.3 Å². The lowest BCUT2D eigenvalue weighted by Crippen LogP contribution is -2.05. The molecule has 0 amide bonds. The molecule has 0 aliphatic carbocycles. The molecule has 3 aromatic rings. The quantitative estimate of drug-likeness (QED) is 0.662. The topological polar surface area (TPSA) is 50.2 Å². The van der Waals surface area contributed by atoms with E-state index in [-0.39, 0.29) is 25.2 Å². The monoisotopic (exact) mass is 381 g/mol. The average Bonchev–Trinajstić information content (AvgIpc) is 2.58. The molecule has 136 valence electrons. The number of pyridine rings is 1. The molecular formula is C19H15ClF3NO2. The number of carboxylic acid groups (broad SMARTS) is 1. The summed E-state index contributed by atoms with van der Waals surface area (Å²) in [4.78, 5) is 15.3. The summed E-state index contributed by atoms with van der Waals surface area (Å²) < 4.78 is 38.8. The van der Waals surface area contributed by atoms with Crippen LogP contribution in [0.2, 0.25) is 0 Å². The maximum atomic E-state index is 12.9. The molecule has 0 unspecified atom stereocenters. The largest absolute Gasteiger partial charge is 0.481 e. The normalized spacial score (nSPS) is 11.2. The Morgan fingerprint density at radius 1 is 1.04 bits per heavy atom. The molecule has 1 aromatic heterocycles. The van der Waals surface area contributed by atoms with Crippen LogP contribution in [0.3, 0.4) is 0 Å². The molecule has 0 fully saturated rings. The van der Waals surface area contributed by atoms with Gasteiger partial charge in [-0.25, -0.2) is 4.98 Å². The minimum atomic E-state index is -4.43. The highest BCUT2D eigenvalue weighted by Crippen LogP contribution is 2.33. The van der Waals surface area contributed by atoms with Gasteiger partial charge in [0, 0.05) is 17.4 Å². The third-order valence-corrected chi connectivity index (χ3v) is 3.90. The van der Waals surface area contributed by atoms with Crippen LogP contribution >= 0.6 is 12.4 Å². The van der Waals surface area contributed by atoms with E-state index in [2.05, 4.69) is 4.98 Å². The van der Waals surface area contributed by atoms with Crippen molar-refractivity contribution in [1.82, 2.24) is 4.98 Å². The van der Waals surface area contributed by atoms with Gasteiger partial charge in [-0.3, -0.25) is 4.79 Å². The SMILES string of the molecule is Cl.O=C(O)CCc1cc(-c2cccc(C(F)(F)F)c2)nc2ccccc12. The van der Waals surface area contributed by atoms with Crippen LogP contribution < -0.4 is 0 Å². The van der Waals surface area contributed by atoms with Gasteiger partial charge in [-0.1, -0.05) is 30.3 Å². The first kappa shape index (κ1) is 19.7. The molecule has 2 aromatic carbocycles. The second kappa shape index (κ2) is 7.74. The molecule has 1 N–H and O–H groups in total. The van der Waals surface area contributed by atoms with Crippen LogP contribution in [0.15, 0.2) is 54.6 Å². The van der Waals surface area contributed by atoms with Crippen molar-refractivity contribution in [2.75, 3.05) is 0 Å². The van der Waals surface area contributed by atoms with Crippen LogP contribution in [-0.2, 0) is 17.4 Å². The smallest absolute Gasteiger partial charge is 0.416 e. The Kier molecular flexibility index (Phi) is 5.87. The Morgan fingerprint density at radius 2 is 1.77 bits per heavy atom. The molecule has 3 nitrogen and oxygen atoms in total. The number of carboxylic acids is 1. The lowest BCUT2D eigenvalue weighted by molar-refractivity contribution is -0.138. The second-order valence-electron chi connectivity index (χ2n) is 5.66. The number of halogens is 4. The first-order chi connectivity index (χ1) is 11.8. The summed E-state index contributed by atoms with van der Waals surface area (Å²) in [6.45, 7) is 0. The highest BCUT2D eigenvalue weighted by atomic mass is 35.5. The Hall–Kier alpha value is -2.60. The predicted molar refractivity (Wildman–Crippen MR) is 95.4 cm³/mol. The Balaban J connectivity index is 0.00000243. The van der Waals surface area contributed by atoms with Gasteiger partial charge < -0.3 is 5.11 Å². The van der Waals surface area contributed by atoms with Crippen molar-refractivity contribution >= 4 is 29.3 Å². The van der Waals surface area contributed by atoms with E-state index in [0.717, 1.165) is 23.1 Å². The van der Waals surface area contributed by atoms with E-state index in [0.29, 0.717) is 16.8 Å². The summed E-state index contributed by atoms with van der Waals surface area (Å²) >= 11 is 0. The lowest BCUT2D eigenvalue weighted by atomic mass is 10.00. The number of alkyl halides is 3. The van der Waals surface area contributed by atoms with Gasteiger partial charge in [0.05, 0.1) is 16.8 Å². The summed E-state index contributed by atoms with van der Waals surface area (Å²) in [5.74, 6) is -0.929. The maximum absolute atomic E-state index is 12.9. The zero-order valence-electron chi connectivity index (χ0n) is 13.5. The number of fused-ring (bicyclic) bond motifs is 1. The number of carbonyl (C=O) groups is 1. The van der Waals surface area contributed by atoms with Crippen molar-refractivity contribution in [3.63, 3.8) is 0 Å². The third-order valence-electron chi connectivity index (χ3n) is 3.90. The molecule has 0 saturated heterocycles. The van der Waals surface area contributed by atoms with Crippen LogP contribution in [0.1, 0.15) is 17.5 Å². The zero-order valence-corrected chi connectivity index (χ0v) is 14.3. The van der Waals surface area contributed by atoms with Crippen molar-refractivity contribution in [2.24, 2.45) is 0 Å². The van der Waals surface area contributed by atoms with Gasteiger partial charge in [0.1, 0.15) is 0 Å². The van der Waals surface area contributed by atoms with Crippen LogP contribution in [0.25, 0.3) is 22.2 Å². The molecule has 0 saturated carbocycles. The molecule has 0 aliphatic rings. The first-order valence-electron chi connectivity index (χ1n) is 7.63. The molecule has 0 aliphatic heterocycles. The predicted octanol–water partition coefficient (Wildman–Crippen LogP) is 5.36. The fraction of sp³-hybridized carbons (Fsp3) is 0.158. The number of para-hydroxylation sites is 1. The molecule has 0 radical (unpaired) electrons. The Morgan fingerprint density at radius 3 is 2.46 bits per heavy atom. The highest BCUT2D eigenvalue weighted by molar-refractivity contribution is 5.86. The van der Waals surface area contributed by atoms with E-state index in [9.17, 15) is 18.0 Å². The summed E-state index contributed by atoms with van der Waals surface area (Å²) in [6.07, 6.45) is -4.21. The summed E-state index contributed by atoms with van der Waals surface area (Å²) in [7, 11) is 0. The number of hydrogen-bond acceptors (Lipinski definition) is 2. The van der Waals surface area contributed by atoms with E-state index >= 15 is 0 Å². The van der Waals surface area contributed by atoms with E-state index in [1.165, 1.54) is 6.07 Å². The van der Waals surface area contributed by atoms with Crippen molar-refractivity contribution < 1.29 is 23.1 Å². The van der Waals surface area contributed by atoms with Crippen LogP contribution in [0.4, 0.5) is 13.2 Å². The second-order valence-corrected chi connectivity index (χ2v) is 5.66. The molecule has 0 atom stereocenters. The Labute approximate surface area is 153 Å². The van der Waals surface area contributed by atoms with E-state index in [4.69, 9.17) is 5.11 Å². The number of nitrogens with zero attached hydrogens (tertiary/aromatic N) is 1. The molecule has 1 heterocycles. The molecule has 0 spiro atoms. The number of hydrogen-bond donors (Lipinski definition) is 1. The van der Waals surface area contributed by atoms with Gasteiger partial charge in [0.25, 0.3) is 0 Å². The van der Waals surface area contributed by atoms with Crippen molar-refractivity contribution in [3.05, 3.63) is 65.7 Å². The zero-order chi connectivity index (χ0) is 18.0. The van der Waals surface area contributed by atoms with Gasteiger partial charge >= 0.3 is 12.1 Å². The number of aryl methyl sites for hydroxylation is 1. The minimum Gasteiger partial charge on any atom is -0.481 e. The van der Waals surface area contributed by atoms with E-state index in [1.807, 2.05) is 12.1 Å².